The second-order valence-corrected chi connectivity index (χ2v) is 13.4. The molecule has 4 aliphatic carbocycles. The van der Waals surface area contributed by atoms with Crippen molar-refractivity contribution in [1.82, 2.24) is 0 Å². The highest BCUT2D eigenvalue weighted by molar-refractivity contribution is 5.97. The van der Waals surface area contributed by atoms with Gasteiger partial charge in [-0.2, -0.15) is 0 Å². The van der Waals surface area contributed by atoms with Gasteiger partial charge in [-0.3, -0.25) is 0 Å². The summed E-state index contributed by atoms with van der Waals surface area (Å²) >= 11 is 0. The maximum absolute atomic E-state index is 2.56. The molecule has 1 heterocycles. The first-order valence-electron chi connectivity index (χ1n) is 17.2. The Morgan fingerprint density at radius 2 is 1.35 bits per heavy atom. The summed E-state index contributed by atoms with van der Waals surface area (Å²) in [6.07, 6.45) is 24.3. The van der Waals surface area contributed by atoms with E-state index >= 15 is 0 Å². The zero-order valence-electron chi connectivity index (χ0n) is 27.1. The van der Waals surface area contributed by atoms with Gasteiger partial charge in [0.15, 0.2) is 0 Å². The highest BCUT2D eigenvalue weighted by atomic mass is 15.3. The molecule has 1 spiro atoms. The van der Waals surface area contributed by atoms with Crippen molar-refractivity contribution in [2.24, 2.45) is 5.41 Å². The summed E-state index contributed by atoms with van der Waals surface area (Å²) in [5.74, 6) is 0.232. The van der Waals surface area contributed by atoms with E-state index in [4.69, 9.17) is 0 Å². The van der Waals surface area contributed by atoms with E-state index in [2.05, 4.69) is 198 Å². The Bertz CT molecular complexity index is 2440. The molecule has 0 N–H and O–H groups in total. The zero-order chi connectivity index (χ0) is 32.4. The number of rotatable bonds is 6. The molecule has 5 aliphatic rings. The predicted molar refractivity (Wildman–Crippen MR) is 205 cm³/mol. The minimum Gasteiger partial charge on any atom is -0.315 e. The van der Waals surface area contributed by atoms with Gasteiger partial charge in [-0.25, -0.2) is 0 Å². The second-order valence-electron chi connectivity index (χ2n) is 13.4. The number of hydrogen-bond acceptors (Lipinski definition) is 2. The van der Waals surface area contributed by atoms with E-state index in [0.717, 1.165) is 17.8 Å². The maximum atomic E-state index is 2.56. The van der Waals surface area contributed by atoms with Crippen molar-refractivity contribution in [3.63, 3.8) is 0 Å². The molecule has 2 heteroatoms. The topological polar surface area (TPSA) is 6.48 Å². The van der Waals surface area contributed by atoms with Crippen LogP contribution in [-0.4, -0.2) is 0 Å². The molecular formula is C47H34N2. The molecule has 2 nitrogen and oxygen atoms in total. The van der Waals surface area contributed by atoms with Crippen LogP contribution in [0.5, 0.6) is 0 Å². The molecule has 0 bridgehead atoms. The molecule has 5 aromatic rings. The van der Waals surface area contributed by atoms with Gasteiger partial charge in [0.05, 0.1) is 11.1 Å². The monoisotopic (exact) mass is 626 g/mol. The summed E-state index contributed by atoms with van der Waals surface area (Å²) in [5, 5.41) is 2.64. The summed E-state index contributed by atoms with van der Waals surface area (Å²) in [5.41, 5.74) is 13.9. The van der Waals surface area contributed by atoms with Crippen LogP contribution in [0, 0.1) is 5.41 Å². The lowest BCUT2D eigenvalue weighted by Crippen LogP contribution is -2.54. The molecule has 0 radical (unpaired) electrons. The number of hydrogen-bond donors (Lipinski definition) is 0. The average molecular weight is 627 g/mol. The quantitative estimate of drug-likeness (QED) is 0.173. The van der Waals surface area contributed by atoms with Crippen LogP contribution in [-0.2, 0) is 0 Å². The molecule has 10 rings (SSSR count). The highest BCUT2D eigenvalue weighted by Crippen LogP contribution is 2.62. The van der Waals surface area contributed by atoms with Gasteiger partial charge < -0.3 is 9.80 Å². The van der Waals surface area contributed by atoms with E-state index in [1.807, 2.05) is 0 Å². The van der Waals surface area contributed by atoms with Gasteiger partial charge in [0.1, 0.15) is 0 Å². The summed E-state index contributed by atoms with van der Waals surface area (Å²) in [7, 11) is 0. The lowest BCUT2D eigenvalue weighted by molar-refractivity contribution is 0.474. The molecule has 49 heavy (non-hydrogen) atoms. The Morgan fingerprint density at radius 3 is 2.12 bits per heavy atom. The number of para-hydroxylation sites is 2. The van der Waals surface area contributed by atoms with E-state index < -0.39 is 0 Å². The van der Waals surface area contributed by atoms with Crippen LogP contribution in [0.3, 0.4) is 0 Å². The summed E-state index contributed by atoms with van der Waals surface area (Å²) in [6, 6.07) is 45.8. The van der Waals surface area contributed by atoms with E-state index in [9.17, 15) is 0 Å². The van der Waals surface area contributed by atoms with Crippen molar-refractivity contribution in [3.05, 3.63) is 214 Å². The molecule has 0 amide bonds. The molecule has 1 saturated heterocycles. The Morgan fingerprint density at radius 1 is 0.673 bits per heavy atom. The molecule has 0 aromatic heterocycles. The molecule has 232 valence electrons. The minimum atomic E-state index is -0.0951. The van der Waals surface area contributed by atoms with Gasteiger partial charge in [-0.05, 0) is 82.4 Å². The van der Waals surface area contributed by atoms with Gasteiger partial charge in [0.2, 0.25) is 0 Å². The number of benzene rings is 5. The van der Waals surface area contributed by atoms with Crippen molar-refractivity contribution in [3.8, 4) is 0 Å². The van der Waals surface area contributed by atoms with Crippen molar-refractivity contribution in [1.29, 1.82) is 0 Å². The van der Waals surface area contributed by atoms with Gasteiger partial charge in [0.25, 0.3) is 0 Å². The summed E-state index contributed by atoms with van der Waals surface area (Å²) in [6.45, 7) is 0. The van der Waals surface area contributed by atoms with Gasteiger partial charge in [-0.1, -0.05) is 140 Å². The number of nitrogens with zero attached hydrogens (tertiary/aromatic N) is 2. The third-order valence-corrected chi connectivity index (χ3v) is 10.6. The first kappa shape index (κ1) is 27.9. The van der Waals surface area contributed by atoms with E-state index in [0.29, 0.717) is 0 Å². The number of anilines is 3. The molecule has 5 aromatic carbocycles. The molecule has 2 atom stereocenters. The zero-order valence-corrected chi connectivity index (χ0v) is 27.1. The molecule has 0 saturated carbocycles. The van der Waals surface area contributed by atoms with Crippen molar-refractivity contribution in [2.75, 3.05) is 9.80 Å². The number of allylic oxidation sites excluding steroid dienone is 7. The summed E-state index contributed by atoms with van der Waals surface area (Å²) < 4.78 is 0. The van der Waals surface area contributed by atoms with Crippen LogP contribution in [0.1, 0.15) is 34.6 Å². The first-order chi connectivity index (χ1) is 24.3. The second kappa shape index (κ2) is 11.0. The Hall–Kier alpha value is -6.12. The van der Waals surface area contributed by atoms with Gasteiger partial charge in [0, 0.05) is 45.2 Å². The normalized spacial score (nSPS) is 20.7. The van der Waals surface area contributed by atoms with Crippen molar-refractivity contribution >= 4 is 46.6 Å². The Kier molecular flexibility index (Phi) is 6.25. The molecule has 1 aliphatic heterocycles. The standard InChI is InChI=1S/C47H34N2/c1-4-12-33(13-5-1)19-20-34-21-26-39(27-22-34)48(37-14-6-2-7-15-37)42-30-25-35-23-29-41-45-36(24-28-40(42)44(35)45)32-47-31-11-10-18-43(47)49(46(41)47)38-16-8-3-9-17-38/h1-30,32,35H,31H2. The molecule has 2 unspecified atom stereocenters. The fraction of sp³-hybridized carbons (Fsp3) is 0.0638. The highest BCUT2D eigenvalue weighted by Gasteiger charge is 2.55. The third-order valence-electron chi connectivity index (χ3n) is 10.6. The lowest BCUT2D eigenvalue weighted by atomic mass is 9.61. The van der Waals surface area contributed by atoms with Gasteiger partial charge in [-0.15, -0.1) is 0 Å². The fourth-order valence-electron chi connectivity index (χ4n) is 8.44. The van der Waals surface area contributed by atoms with Crippen LogP contribution in [0.4, 0.5) is 17.1 Å². The van der Waals surface area contributed by atoms with Crippen LogP contribution < -0.4 is 20.2 Å². The Balaban J connectivity index is 1.15. The van der Waals surface area contributed by atoms with E-state index in [1.54, 1.807) is 0 Å². The van der Waals surface area contributed by atoms with Crippen LogP contribution in [0.15, 0.2) is 181 Å². The summed E-state index contributed by atoms with van der Waals surface area (Å²) in [4.78, 5) is 4.91. The minimum absolute atomic E-state index is 0.0951. The van der Waals surface area contributed by atoms with Crippen molar-refractivity contribution < 1.29 is 0 Å². The smallest absolute Gasteiger partial charge is 0.0744 e. The van der Waals surface area contributed by atoms with Crippen LogP contribution in [0.25, 0.3) is 29.5 Å². The van der Waals surface area contributed by atoms with Crippen LogP contribution in [0.2, 0.25) is 0 Å². The largest absolute Gasteiger partial charge is 0.315 e. The average Bonchev–Trinajstić information content (AvgIpc) is 3.15. The van der Waals surface area contributed by atoms with Crippen molar-refractivity contribution in [2.45, 2.75) is 12.3 Å². The van der Waals surface area contributed by atoms with Gasteiger partial charge >= 0.3 is 0 Å². The molecular weight excluding hydrogens is 593 g/mol. The SMILES string of the molecule is C1=CCC23C=c4ccc5c6c4C(=C2N(c2ccccc2)C3=C1)C=CC6C=CC=5N(c1ccccc1)c1ccc(C=Cc2ccccc2)cc1. The first-order valence-corrected chi connectivity index (χ1v) is 17.2. The fourth-order valence-corrected chi connectivity index (χ4v) is 8.44. The predicted octanol–water partition coefficient (Wildman–Crippen LogP) is 9.88. The van der Waals surface area contributed by atoms with Crippen LogP contribution >= 0.6 is 0 Å². The lowest BCUT2D eigenvalue weighted by Gasteiger charge is -2.58. The Labute approximate surface area is 287 Å². The van der Waals surface area contributed by atoms with E-state index in [-0.39, 0.29) is 11.3 Å². The third kappa shape index (κ3) is 4.27. The molecule has 1 fully saturated rings. The maximum Gasteiger partial charge on any atom is 0.0744 e. The van der Waals surface area contributed by atoms with E-state index in [1.165, 1.54) is 61.0 Å².